The van der Waals surface area contributed by atoms with E-state index in [2.05, 4.69) is 46.3 Å². The van der Waals surface area contributed by atoms with Crippen molar-refractivity contribution < 1.29 is 86.4 Å². The lowest BCUT2D eigenvalue weighted by Gasteiger charge is -2.30. The van der Waals surface area contributed by atoms with Crippen LogP contribution in [-0.2, 0) is 9.13 Å². The Kier molecular flexibility index (Phi) is 32.6. The van der Waals surface area contributed by atoms with Crippen LogP contribution in [0.1, 0.15) is 96.2 Å². The van der Waals surface area contributed by atoms with Crippen molar-refractivity contribution in [1.82, 2.24) is 0 Å². The number of benzene rings is 13. The lowest BCUT2D eigenvalue weighted by molar-refractivity contribution is -0.333. The van der Waals surface area contributed by atoms with E-state index < -0.39 is 27.9 Å². The number of aryl methyl sites for hydroxylation is 3. The molecule has 13 aromatic carbocycles. The maximum absolute atomic E-state index is 13.4. The molecular formula is C88H76Cl3N9O18P2-2. The summed E-state index contributed by atoms with van der Waals surface area (Å²) in [5, 5.41) is 59.5. The zero-order chi connectivity index (χ0) is 86.7. The van der Waals surface area contributed by atoms with E-state index in [-0.39, 0.29) is 63.0 Å². The molecule has 32 heteroatoms. The number of azo groups is 1. The summed E-state index contributed by atoms with van der Waals surface area (Å²) in [6, 6.07) is 68.8. The SMILES string of the molecule is CCOc1cc(NC(=O)c2ccccc2)c(OCC)cc1N=Nc1c(O)c(C(=O)Nc2ccc(Cl)cc2C)cc2ccccc12.CCOc1cc(NC(=O)c2ccccc2)c(OCC)cc1[N+]#N.Cc1cc(Cl)ccc1NC(=O)c1cc2ccccc2cc1O.Cc1cc(Cl)ccc1NC(=O)c1cc2ccccc2cc1OP(=O)([O-])[O-].O=[P+]([O-])[O-]. The van der Waals surface area contributed by atoms with Crippen molar-refractivity contribution in [2.24, 2.45) is 10.2 Å². The molecule has 0 aliphatic heterocycles. The predicted molar refractivity (Wildman–Crippen MR) is 459 cm³/mol. The standard InChI is InChI=1S/C35H31ClN4O5.C18H15ClNO5P.C18H14ClNO2.C17H17N3O3.HO3P/c1-4-44-30-20-29(31(45-5-2)19-28(30)38-34(42)22-11-7-6-8-12-22)39-40-32-25-14-10-9-13-23(25)18-26(33(32)41)35(43)37-27-16-15-24(36)17-21(27)3;1-11-8-14(19)6-7-16(11)20-18(21)15-9-12-4-2-3-5-13(12)10-17(15)25-26(22,23)24;1-11-8-14(19)6-7-16(11)20-18(22)15-9-12-4-2-3-5-13(12)10-17(15)21;1-3-22-15-11-14(20-18)16(23-4-2)10-13(15)19-17(21)12-8-6-5-7-9-12;1-4(2)3/h6-20,41H,4-5H2,1-3H3,(H,37,43)(H,38,42);2-10H,1H3,(H,20,21)(H2,22,23,24);2-10,21H,1H3,(H,20,22);5-11H,3-4H2,1-2H3;(H,1,2,3)/p-2. The monoisotopic (exact) mass is 1710 g/mol. The van der Waals surface area contributed by atoms with Gasteiger partial charge in [0.1, 0.15) is 42.2 Å². The minimum absolute atomic E-state index is 0.0241. The molecule has 0 saturated heterocycles. The Bertz CT molecular complexity index is 6080. The maximum atomic E-state index is 13.4. The number of phenolic OH excluding ortho intramolecular Hbond substituents is 2. The van der Waals surface area contributed by atoms with E-state index in [1.54, 1.807) is 183 Å². The normalized spacial score (nSPS) is 10.6. The van der Waals surface area contributed by atoms with Crippen LogP contribution in [0.15, 0.2) is 253 Å². The molecule has 0 saturated carbocycles. The summed E-state index contributed by atoms with van der Waals surface area (Å²) in [7, 11) is -8.70. The number of nitrogens with one attached hydrogen (secondary N) is 5. The zero-order valence-corrected chi connectivity index (χ0v) is 69.2. The van der Waals surface area contributed by atoms with Crippen LogP contribution in [-0.4, -0.2) is 66.2 Å². The molecule has 13 rings (SSSR count). The van der Waals surface area contributed by atoms with Gasteiger partial charge in [0.05, 0.1) is 60.6 Å². The van der Waals surface area contributed by atoms with Crippen LogP contribution in [0.3, 0.4) is 0 Å². The predicted octanol–water partition coefficient (Wildman–Crippen LogP) is 19.8. The van der Waals surface area contributed by atoms with Crippen molar-refractivity contribution in [2.75, 3.05) is 53.0 Å². The summed E-state index contributed by atoms with van der Waals surface area (Å²) in [5.41, 5.74) is 6.82. The minimum atomic E-state index is -5.33. The Morgan fingerprint density at radius 3 is 1.24 bits per heavy atom. The van der Waals surface area contributed by atoms with Crippen molar-refractivity contribution in [2.45, 2.75) is 48.5 Å². The molecule has 0 fully saturated rings. The lowest BCUT2D eigenvalue weighted by atomic mass is 10.0. The van der Waals surface area contributed by atoms with Crippen LogP contribution in [0.2, 0.25) is 15.1 Å². The van der Waals surface area contributed by atoms with E-state index in [1.165, 1.54) is 18.2 Å². The van der Waals surface area contributed by atoms with Gasteiger partial charge in [-0.05, 0) is 201 Å². The molecule has 0 aliphatic carbocycles. The first kappa shape index (κ1) is 90.6. The number of phosphoric ester groups is 1. The van der Waals surface area contributed by atoms with Gasteiger partial charge in [-0.25, -0.2) is 0 Å². The summed E-state index contributed by atoms with van der Waals surface area (Å²) in [4.78, 5) is 106. The Morgan fingerprint density at radius 2 is 0.792 bits per heavy atom. The molecule has 0 unspecified atom stereocenters. The number of carbonyl (C=O) groups is 5. The van der Waals surface area contributed by atoms with E-state index in [9.17, 15) is 48.5 Å². The van der Waals surface area contributed by atoms with E-state index in [0.717, 1.165) is 27.5 Å². The van der Waals surface area contributed by atoms with Crippen LogP contribution in [0.25, 0.3) is 37.3 Å². The topological polar surface area (TPSA) is 411 Å². The molecule has 5 amide bonds. The Balaban J connectivity index is 0.000000188. The number of anilines is 5. The van der Waals surface area contributed by atoms with Gasteiger partial charge in [0.2, 0.25) is 11.1 Å². The second-order valence-corrected chi connectivity index (χ2v) is 28.4. The number of hydrogen-bond donors (Lipinski definition) is 7. The van der Waals surface area contributed by atoms with Gasteiger partial charge in [-0.15, -0.1) is 10.2 Å². The average molecular weight is 1720 g/mol. The van der Waals surface area contributed by atoms with E-state index in [1.807, 2.05) is 90.1 Å². The van der Waals surface area contributed by atoms with E-state index in [0.29, 0.717) is 131 Å². The molecule has 120 heavy (non-hydrogen) atoms. The van der Waals surface area contributed by atoms with Gasteiger partial charge >= 0.3 is 5.69 Å². The Morgan fingerprint density at radius 1 is 0.425 bits per heavy atom. The third-order valence-electron chi connectivity index (χ3n) is 17.2. The largest absolute Gasteiger partial charge is 0.780 e. The number of aromatic hydroxyl groups is 2. The summed E-state index contributed by atoms with van der Waals surface area (Å²) >= 11 is 17.9. The van der Waals surface area contributed by atoms with Crippen LogP contribution >= 0.6 is 50.9 Å². The van der Waals surface area contributed by atoms with Gasteiger partial charge in [0.25, 0.3) is 37.8 Å². The van der Waals surface area contributed by atoms with Crippen molar-refractivity contribution in [3.63, 3.8) is 0 Å². The third kappa shape index (κ3) is 25.3. The fourth-order valence-corrected chi connectivity index (χ4v) is 12.8. The number of hydrogen-bond acceptors (Lipinski definition) is 21. The Hall–Kier alpha value is -13.4. The average Bonchev–Trinajstić information content (AvgIpc) is 0.776. The smallest absolute Gasteiger partial charge is 0.430 e. The van der Waals surface area contributed by atoms with Gasteiger partial charge in [0.15, 0.2) is 16.5 Å². The van der Waals surface area contributed by atoms with E-state index in [4.69, 9.17) is 73.5 Å². The number of fused-ring (bicyclic) bond motifs is 3. The van der Waals surface area contributed by atoms with Crippen LogP contribution in [0.4, 0.5) is 45.5 Å². The number of phenols is 2. The van der Waals surface area contributed by atoms with Crippen molar-refractivity contribution in [1.29, 1.82) is 5.39 Å². The van der Waals surface area contributed by atoms with Gasteiger partial charge < -0.3 is 84.4 Å². The highest BCUT2D eigenvalue weighted by Crippen LogP contribution is 2.45. The maximum Gasteiger partial charge on any atom is 0.430 e. The molecule has 0 aliphatic rings. The van der Waals surface area contributed by atoms with Crippen LogP contribution < -0.4 is 69.6 Å². The number of carbonyl (C=O) groups excluding carboxylic acids is 5. The minimum Gasteiger partial charge on any atom is -0.780 e. The molecule has 27 nitrogen and oxygen atoms in total. The molecule has 0 spiro atoms. The number of nitrogens with zero attached hydrogens (tertiary/aromatic N) is 4. The molecule has 0 atom stereocenters. The molecule has 7 N–H and O–H groups in total. The van der Waals surface area contributed by atoms with Gasteiger partial charge in [0, 0.05) is 66.8 Å². The first-order valence-electron chi connectivity index (χ1n) is 36.6. The fourth-order valence-electron chi connectivity index (χ4n) is 11.7. The van der Waals surface area contributed by atoms with E-state index >= 15 is 0 Å². The summed E-state index contributed by atoms with van der Waals surface area (Å²) in [6.45, 7) is 14.2. The number of diazo groups is 1. The number of halogens is 3. The highest BCUT2D eigenvalue weighted by molar-refractivity contribution is 7.43. The molecule has 614 valence electrons. The summed E-state index contributed by atoms with van der Waals surface area (Å²) in [6.07, 6.45) is 0. The number of ether oxygens (including phenoxy) is 4. The van der Waals surface area contributed by atoms with Crippen molar-refractivity contribution in [3.05, 3.63) is 307 Å². The molecular weight excluding hydrogens is 1640 g/mol. The summed E-state index contributed by atoms with van der Waals surface area (Å²) < 4.78 is 46.7. The van der Waals surface area contributed by atoms with Crippen LogP contribution in [0, 0.1) is 26.2 Å². The molecule has 0 radical (unpaired) electrons. The third-order valence-corrected chi connectivity index (χ3v) is 18.3. The fraction of sp³-hybridized carbons (Fsp3) is 0.125. The molecule has 13 aromatic rings. The Labute approximate surface area is 704 Å². The van der Waals surface area contributed by atoms with Gasteiger partial charge in [-0.2, -0.15) is 0 Å². The number of rotatable bonds is 22. The first-order valence-corrected chi connectivity index (χ1v) is 40.3. The molecule has 0 heterocycles. The lowest BCUT2D eigenvalue weighted by Crippen LogP contribution is -2.21. The van der Waals surface area contributed by atoms with Crippen LogP contribution in [0.5, 0.6) is 40.2 Å². The van der Waals surface area contributed by atoms with Crippen molar-refractivity contribution >= 4 is 158 Å². The molecule has 0 bridgehead atoms. The summed E-state index contributed by atoms with van der Waals surface area (Å²) in [5.74, 6) is -1.28. The van der Waals surface area contributed by atoms with Gasteiger partial charge in [-0.1, -0.05) is 149 Å². The zero-order valence-electron chi connectivity index (χ0n) is 65.2. The highest BCUT2D eigenvalue weighted by atomic mass is 35.5. The van der Waals surface area contributed by atoms with Crippen molar-refractivity contribution in [3.8, 4) is 40.2 Å². The van der Waals surface area contributed by atoms with Gasteiger partial charge in [-0.3, -0.25) is 24.0 Å². The molecule has 0 aromatic heterocycles. The quantitative estimate of drug-likeness (QED) is 0.0188. The second kappa shape index (κ2) is 43.2. The number of phosphoric acid groups is 1. The number of amides is 5. The first-order chi connectivity index (χ1) is 57.5. The highest BCUT2D eigenvalue weighted by Gasteiger charge is 2.25. The second-order valence-electron chi connectivity index (χ2n) is 25.6.